The third-order valence-electron chi connectivity index (χ3n) is 3.76. The number of methoxy groups -OCH3 is 3. The number of rotatable bonds is 7. The van der Waals surface area contributed by atoms with Crippen LogP contribution in [0.1, 0.15) is 31.1 Å². The van der Waals surface area contributed by atoms with Crippen molar-refractivity contribution in [2.24, 2.45) is 0 Å². The summed E-state index contributed by atoms with van der Waals surface area (Å²) in [6.45, 7) is -0.612. The lowest BCUT2D eigenvalue weighted by atomic mass is 10.1. The van der Waals surface area contributed by atoms with E-state index in [1.807, 2.05) is 0 Å². The van der Waals surface area contributed by atoms with Crippen molar-refractivity contribution in [2.75, 3.05) is 33.3 Å². The summed E-state index contributed by atoms with van der Waals surface area (Å²) in [5, 5.41) is 2.43. The number of hydrogen-bond donors (Lipinski definition) is 1. The standard InChI is InChI=1S/C20H19NO8/c1-26-14-6-4-5-12(9-14)19(24)29-11-17(22)21-16-10-13(18(23)27-2)7-8-15(16)20(25)28-3/h4-10H,11H2,1-3H3,(H,21,22). The van der Waals surface area contributed by atoms with Gasteiger partial charge in [-0.25, -0.2) is 14.4 Å². The zero-order chi connectivity index (χ0) is 21.4. The zero-order valence-corrected chi connectivity index (χ0v) is 16.0. The summed E-state index contributed by atoms with van der Waals surface area (Å²) < 4.78 is 19.3. The largest absolute Gasteiger partial charge is 0.497 e. The van der Waals surface area contributed by atoms with Crippen LogP contribution in [0.3, 0.4) is 0 Å². The van der Waals surface area contributed by atoms with Gasteiger partial charge < -0.3 is 24.3 Å². The Balaban J connectivity index is 2.11. The maximum absolute atomic E-state index is 12.2. The van der Waals surface area contributed by atoms with Crippen LogP contribution in [0.15, 0.2) is 42.5 Å². The molecule has 0 saturated heterocycles. The van der Waals surface area contributed by atoms with E-state index < -0.39 is 30.4 Å². The molecule has 0 heterocycles. The summed E-state index contributed by atoms with van der Waals surface area (Å²) in [5.74, 6) is -2.35. The average molecular weight is 401 g/mol. The first-order valence-corrected chi connectivity index (χ1v) is 8.31. The van der Waals surface area contributed by atoms with Crippen LogP contribution in [0.5, 0.6) is 5.75 Å². The summed E-state index contributed by atoms with van der Waals surface area (Å²) in [6, 6.07) is 10.2. The average Bonchev–Trinajstić information content (AvgIpc) is 2.76. The number of esters is 3. The molecule has 0 aliphatic heterocycles. The highest BCUT2D eigenvalue weighted by atomic mass is 16.5. The van der Waals surface area contributed by atoms with Crippen molar-refractivity contribution in [3.63, 3.8) is 0 Å². The molecule has 0 radical (unpaired) electrons. The van der Waals surface area contributed by atoms with Crippen molar-refractivity contribution in [3.8, 4) is 5.75 Å². The molecule has 1 N–H and O–H groups in total. The van der Waals surface area contributed by atoms with Crippen LogP contribution in [-0.4, -0.2) is 51.8 Å². The molecule has 9 nitrogen and oxygen atoms in total. The molecule has 0 bridgehead atoms. The molecule has 2 rings (SSSR count). The first kappa shape index (κ1) is 21.4. The minimum atomic E-state index is -0.726. The Morgan fingerprint density at radius 2 is 1.52 bits per heavy atom. The fraction of sp³-hybridized carbons (Fsp3) is 0.200. The molecule has 152 valence electrons. The molecule has 0 aliphatic carbocycles. The van der Waals surface area contributed by atoms with E-state index in [1.54, 1.807) is 12.1 Å². The third-order valence-corrected chi connectivity index (χ3v) is 3.76. The van der Waals surface area contributed by atoms with E-state index in [-0.39, 0.29) is 22.4 Å². The van der Waals surface area contributed by atoms with Gasteiger partial charge in [0, 0.05) is 0 Å². The van der Waals surface area contributed by atoms with Gasteiger partial charge in [-0.3, -0.25) is 4.79 Å². The molecule has 29 heavy (non-hydrogen) atoms. The predicted molar refractivity (Wildman–Crippen MR) is 101 cm³/mol. The normalized spacial score (nSPS) is 9.90. The zero-order valence-electron chi connectivity index (χ0n) is 16.0. The van der Waals surface area contributed by atoms with E-state index in [4.69, 9.17) is 9.47 Å². The highest BCUT2D eigenvalue weighted by molar-refractivity contribution is 6.04. The first-order valence-electron chi connectivity index (χ1n) is 8.31. The molecule has 0 aliphatic rings. The van der Waals surface area contributed by atoms with Crippen LogP contribution in [0.25, 0.3) is 0 Å². The third kappa shape index (κ3) is 5.55. The van der Waals surface area contributed by atoms with Gasteiger partial charge in [-0.15, -0.1) is 0 Å². The Hall–Kier alpha value is -3.88. The highest BCUT2D eigenvalue weighted by Gasteiger charge is 2.18. The topological polar surface area (TPSA) is 117 Å². The van der Waals surface area contributed by atoms with Crippen LogP contribution in [0.4, 0.5) is 5.69 Å². The summed E-state index contributed by atoms with van der Waals surface area (Å²) >= 11 is 0. The van der Waals surface area contributed by atoms with E-state index >= 15 is 0 Å². The van der Waals surface area contributed by atoms with E-state index in [0.29, 0.717) is 5.75 Å². The molecule has 9 heteroatoms. The Labute approximate surface area is 166 Å². The first-order chi connectivity index (χ1) is 13.9. The summed E-state index contributed by atoms with van der Waals surface area (Å²) in [7, 11) is 3.84. The molecular weight excluding hydrogens is 382 g/mol. The van der Waals surface area contributed by atoms with Gasteiger partial charge in [-0.2, -0.15) is 0 Å². The van der Waals surface area contributed by atoms with Crippen molar-refractivity contribution in [1.29, 1.82) is 0 Å². The fourth-order valence-corrected chi connectivity index (χ4v) is 2.33. The Morgan fingerprint density at radius 3 is 2.17 bits per heavy atom. The number of anilines is 1. The maximum atomic E-state index is 12.2. The number of ether oxygens (including phenoxy) is 4. The van der Waals surface area contributed by atoms with Gasteiger partial charge in [-0.05, 0) is 36.4 Å². The lowest BCUT2D eigenvalue weighted by Crippen LogP contribution is -2.22. The maximum Gasteiger partial charge on any atom is 0.339 e. The monoisotopic (exact) mass is 401 g/mol. The molecule has 0 saturated carbocycles. The summed E-state index contributed by atoms with van der Waals surface area (Å²) in [4.78, 5) is 47.9. The SMILES string of the molecule is COC(=O)c1ccc(C(=O)OC)c(NC(=O)COC(=O)c2cccc(OC)c2)c1. The van der Waals surface area contributed by atoms with Gasteiger partial charge in [0.15, 0.2) is 6.61 Å². The molecular formula is C20H19NO8. The fourth-order valence-electron chi connectivity index (χ4n) is 2.33. The van der Waals surface area contributed by atoms with Crippen LogP contribution in [0, 0.1) is 0 Å². The van der Waals surface area contributed by atoms with Gasteiger partial charge in [-0.1, -0.05) is 6.07 Å². The minimum Gasteiger partial charge on any atom is -0.497 e. The number of hydrogen-bond acceptors (Lipinski definition) is 8. The predicted octanol–water partition coefficient (Wildman–Crippen LogP) is 2.06. The van der Waals surface area contributed by atoms with E-state index in [0.717, 1.165) is 0 Å². The highest BCUT2D eigenvalue weighted by Crippen LogP contribution is 2.20. The van der Waals surface area contributed by atoms with Crippen molar-refractivity contribution in [3.05, 3.63) is 59.2 Å². The second-order valence-corrected chi connectivity index (χ2v) is 5.60. The summed E-state index contributed by atoms with van der Waals surface area (Å²) in [5.41, 5.74) is 0.360. The van der Waals surface area contributed by atoms with Crippen molar-refractivity contribution >= 4 is 29.5 Å². The Morgan fingerprint density at radius 1 is 0.828 bits per heavy atom. The molecule has 2 aromatic rings. The van der Waals surface area contributed by atoms with Crippen LogP contribution in [0.2, 0.25) is 0 Å². The van der Waals surface area contributed by atoms with Crippen molar-refractivity contribution < 1.29 is 38.1 Å². The van der Waals surface area contributed by atoms with E-state index in [1.165, 1.54) is 51.7 Å². The number of nitrogens with one attached hydrogen (secondary N) is 1. The number of benzene rings is 2. The van der Waals surface area contributed by atoms with Crippen LogP contribution >= 0.6 is 0 Å². The van der Waals surface area contributed by atoms with Gasteiger partial charge in [0.2, 0.25) is 0 Å². The smallest absolute Gasteiger partial charge is 0.339 e. The van der Waals surface area contributed by atoms with E-state index in [2.05, 4.69) is 14.8 Å². The molecule has 0 spiro atoms. The molecule has 0 fully saturated rings. The van der Waals surface area contributed by atoms with Gasteiger partial charge in [0.25, 0.3) is 5.91 Å². The molecule has 0 unspecified atom stereocenters. The second kappa shape index (κ2) is 9.88. The van der Waals surface area contributed by atoms with Crippen LogP contribution < -0.4 is 10.1 Å². The van der Waals surface area contributed by atoms with Gasteiger partial charge in [0.1, 0.15) is 5.75 Å². The van der Waals surface area contributed by atoms with Gasteiger partial charge >= 0.3 is 17.9 Å². The molecule has 2 aromatic carbocycles. The Bertz CT molecular complexity index is 938. The number of carbonyl (C=O) groups is 4. The number of amides is 1. The Kier molecular flexibility index (Phi) is 7.30. The molecule has 0 aromatic heterocycles. The van der Waals surface area contributed by atoms with Crippen molar-refractivity contribution in [2.45, 2.75) is 0 Å². The lowest BCUT2D eigenvalue weighted by Gasteiger charge is -2.12. The van der Waals surface area contributed by atoms with Crippen molar-refractivity contribution in [1.82, 2.24) is 0 Å². The second-order valence-electron chi connectivity index (χ2n) is 5.60. The summed E-state index contributed by atoms with van der Waals surface area (Å²) in [6.07, 6.45) is 0. The van der Waals surface area contributed by atoms with Gasteiger partial charge in [0.05, 0.1) is 43.7 Å². The quantitative estimate of drug-likeness (QED) is 0.553. The molecule has 1 amide bonds. The lowest BCUT2D eigenvalue weighted by molar-refractivity contribution is -0.119. The number of carbonyl (C=O) groups excluding carboxylic acids is 4. The van der Waals surface area contributed by atoms with E-state index in [9.17, 15) is 19.2 Å². The van der Waals surface area contributed by atoms with Crippen LogP contribution in [-0.2, 0) is 19.0 Å². The minimum absolute atomic E-state index is 0.0159. The molecule has 0 atom stereocenters.